The highest BCUT2D eigenvalue weighted by Crippen LogP contribution is 2.17. The molecule has 2 aromatic rings. The van der Waals surface area contributed by atoms with Crippen molar-refractivity contribution in [2.45, 2.75) is 19.8 Å². The fraction of sp³-hybridized carbons (Fsp3) is 0.214. The highest BCUT2D eigenvalue weighted by molar-refractivity contribution is 7.71. The highest BCUT2D eigenvalue weighted by Gasteiger charge is 1.97. The van der Waals surface area contributed by atoms with Crippen LogP contribution in [0.3, 0.4) is 0 Å². The molecule has 0 aliphatic rings. The summed E-state index contributed by atoms with van der Waals surface area (Å²) in [5.41, 5.74) is 3.66. The molecule has 0 saturated carbocycles. The summed E-state index contributed by atoms with van der Waals surface area (Å²) in [5, 5.41) is 0. The van der Waals surface area contributed by atoms with Crippen LogP contribution in [0.25, 0.3) is 11.3 Å². The molecule has 0 aliphatic carbocycles. The van der Waals surface area contributed by atoms with Gasteiger partial charge in [0.15, 0.2) is 0 Å². The first-order valence-electron chi connectivity index (χ1n) is 5.57. The van der Waals surface area contributed by atoms with Gasteiger partial charge in [0.2, 0.25) is 0 Å². The number of hydrogen-bond acceptors (Lipinski definition) is 1. The molecule has 1 heterocycles. The van der Waals surface area contributed by atoms with Gasteiger partial charge in [-0.1, -0.05) is 49.8 Å². The lowest BCUT2D eigenvalue weighted by molar-refractivity contribution is 0.922. The Morgan fingerprint density at radius 3 is 2.50 bits per heavy atom. The molecule has 1 N–H and O–H groups in total. The molecule has 0 aliphatic heterocycles. The summed E-state index contributed by atoms with van der Waals surface area (Å²) in [5.74, 6) is 0. The largest absolute Gasteiger partial charge is 0.361 e. The van der Waals surface area contributed by atoms with Gasteiger partial charge >= 0.3 is 0 Å². The number of aromatic amines is 1. The minimum absolute atomic E-state index is 0.867. The number of rotatable bonds is 3. The molecule has 0 unspecified atom stereocenters. The predicted octanol–water partition coefficient (Wildman–Crippen LogP) is 4.36. The number of hydrogen-bond donors (Lipinski definition) is 1. The Balaban J connectivity index is 2.31. The average Bonchev–Trinajstić information content (AvgIpc) is 2.30. The number of aryl methyl sites for hydroxylation is 1. The zero-order valence-corrected chi connectivity index (χ0v) is 10.2. The van der Waals surface area contributed by atoms with Gasteiger partial charge in [0, 0.05) is 16.4 Å². The highest BCUT2D eigenvalue weighted by atomic mass is 32.1. The molecule has 82 valence electrons. The van der Waals surface area contributed by atoms with E-state index in [1.165, 1.54) is 17.5 Å². The number of pyridine rings is 1. The fourth-order valence-electron chi connectivity index (χ4n) is 1.75. The van der Waals surface area contributed by atoms with Gasteiger partial charge < -0.3 is 4.98 Å². The van der Waals surface area contributed by atoms with Gasteiger partial charge in [-0.3, -0.25) is 0 Å². The van der Waals surface area contributed by atoms with E-state index >= 15 is 0 Å². The molecular weight excluding hydrogens is 214 g/mol. The molecule has 0 bridgehead atoms. The summed E-state index contributed by atoms with van der Waals surface area (Å²) >= 11 is 5.15. The second-order valence-electron chi connectivity index (χ2n) is 3.88. The fourth-order valence-corrected chi connectivity index (χ4v) is 1.94. The minimum atomic E-state index is 0.867. The monoisotopic (exact) mass is 229 g/mol. The lowest BCUT2D eigenvalue weighted by Gasteiger charge is -2.03. The molecule has 2 rings (SSSR count). The van der Waals surface area contributed by atoms with Gasteiger partial charge in [-0.05, 0) is 29.7 Å². The number of nitrogens with one attached hydrogen (secondary N) is 1. The Morgan fingerprint density at radius 1 is 1.12 bits per heavy atom. The molecule has 1 aromatic carbocycles. The first kappa shape index (κ1) is 11.1. The third-order valence-corrected chi connectivity index (χ3v) is 2.83. The van der Waals surface area contributed by atoms with E-state index in [9.17, 15) is 0 Å². The van der Waals surface area contributed by atoms with Crippen LogP contribution in [0.15, 0.2) is 42.6 Å². The molecule has 0 atom stereocenters. The maximum atomic E-state index is 5.15. The maximum absolute atomic E-state index is 5.15. The molecule has 1 nitrogen and oxygen atoms in total. The van der Waals surface area contributed by atoms with E-state index in [1.54, 1.807) is 0 Å². The molecule has 2 heteroatoms. The van der Waals surface area contributed by atoms with Crippen LogP contribution in [0, 0.1) is 4.51 Å². The van der Waals surface area contributed by atoms with Crippen LogP contribution >= 0.6 is 12.2 Å². The summed E-state index contributed by atoms with van der Waals surface area (Å²) in [6, 6.07) is 12.5. The van der Waals surface area contributed by atoms with Crippen molar-refractivity contribution in [1.82, 2.24) is 4.98 Å². The van der Waals surface area contributed by atoms with E-state index in [0.29, 0.717) is 0 Å². The molecule has 1 aromatic heterocycles. The lowest BCUT2D eigenvalue weighted by Crippen LogP contribution is -1.85. The summed E-state index contributed by atoms with van der Waals surface area (Å²) in [6.45, 7) is 2.20. The van der Waals surface area contributed by atoms with E-state index in [2.05, 4.69) is 36.2 Å². The van der Waals surface area contributed by atoms with Crippen molar-refractivity contribution >= 4 is 12.2 Å². The minimum Gasteiger partial charge on any atom is -0.361 e. The van der Waals surface area contributed by atoms with Crippen molar-refractivity contribution in [3.63, 3.8) is 0 Å². The number of benzene rings is 1. The standard InChI is InChI=1S/C14H15NS/c1-2-3-11-4-6-12(7-5-11)14-10-13(16)8-9-15-14/h4-10H,2-3H2,1H3,(H,15,16). The van der Waals surface area contributed by atoms with Gasteiger partial charge in [-0.25, -0.2) is 0 Å². The molecule has 0 saturated heterocycles. The Morgan fingerprint density at radius 2 is 1.88 bits per heavy atom. The SMILES string of the molecule is CCCc1ccc(-c2cc(=S)cc[nH]2)cc1. The van der Waals surface area contributed by atoms with Gasteiger partial charge in [-0.15, -0.1) is 0 Å². The van der Waals surface area contributed by atoms with Crippen molar-refractivity contribution in [2.24, 2.45) is 0 Å². The molecular formula is C14H15NS. The summed E-state index contributed by atoms with van der Waals surface area (Å²) < 4.78 is 0.867. The van der Waals surface area contributed by atoms with Crippen molar-refractivity contribution in [3.05, 3.63) is 52.7 Å². The third kappa shape index (κ3) is 2.58. The van der Waals surface area contributed by atoms with Crippen LogP contribution in [0.2, 0.25) is 0 Å². The average molecular weight is 229 g/mol. The van der Waals surface area contributed by atoms with E-state index in [4.69, 9.17) is 12.2 Å². The van der Waals surface area contributed by atoms with Crippen LogP contribution in [0.4, 0.5) is 0 Å². The zero-order valence-electron chi connectivity index (χ0n) is 9.36. The Bertz CT molecular complexity index is 511. The first-order valence-corrected chi connectivity index (χ1v) is 5.98. The molecule has 0 amide bonds. The third-order valence-electron chi connectivity index (χ3n) is 2.58. The zero-order chi connectivity index (χ0) is 11.4. The number of aromatic nitrogens is 1. The van der Waals surface area contributed by atoms with Crippen LogP contribution < -0.4 is 0 Å². The second-order valence-corrected chi connectivity index (χ2v) is 4.36. The molecule has 0 spiro atoms. The maximum Gasteiger partial charge on any atom is 0.0467 e. The normalized spacial score (nSPS) is 10.3. The van der Waals surface area contributed by atoms with Gasteiger partial charge in [0.1, 0.15) is 0 Å². The van der Waals surface area contributed by atoms with Crippen molar-refractivity contribution in [1.29, 1.82) is 0 Å². The van der Waals surface area contributed by atoms with Crippen molar-refractivity contribution in [3.8, 4) is 11.3 Å². The van der Waals surface area contributed by atoms with E-state index < -0.39 is 0 Å². The van der Waals surface area contributed by atoms with Gasteiger partial charge in [-0.2, -0.15) is 0 Å². The predicted molar refractivity (Wildman–Crippen MR) is 71.1 cm³/mol. The summed E-state index contributed by atoms with van der Waals surface area (Å²) in [7, 11) is 0. The van der Waals surface area contributed by atoms with Crippen LogP contribution in [0.1, 0.15) is 18.9 Å². The van der Waals surface area contributed by atoms with Crippen molar-refractivity contribution < 1.29 is 0 Å². The van der Waals surface area contributed by atoms with E-state index in [-0.39, 0.29) is 0 Å². The smallest absolute Gasteiger partial charge is 0.0467 e. The van der Waals surface area contributed by atoms with Crippen LogP contribution in [0.5, 0.6) is 0 Å². The van der Waals surface area contributed by atoms with Crippen molar-refractivity contribution in [2.75, 3.05) is 0 Å². The summed E-state index contributed by atoms with van der Waals surface area (Å²) in [4.78, 5) is 3.21. The first-order chi connectivity index (χ1) is 7.79. The van der Waals surface area contributed by atoms with Crippen LogP contribution in [-0.2, 0) is 6.42 Å². The molecule has 0 fully saturated rings. The molecule has 0 radical (unpaired) electrons. The Kier molecular flexibility index (Phi) is 3.52. The van der Waals surface area contributed by atoms with Gasteiger partial charge in [0.25, 0.3) is 0 Å². The topological polar surface area (TPSA) is 15.8 Å². The lowest BCUT2D eigenvalue weighted by atomic mass is 10.1. The second kappa shape index (κ2) is 5.08. The Hall–Kier alpha value is -1.41. The Labute approximate surface area is 101 Å². The van der Waals surface area contributed by atoms with E-state index in [1.807, 2.05) is 18.3 Å². The molecule has 16 heavy (non-hydrogen) atoms. The summed E-state index contributed by atoms with van der Waals surface area (Å²) in [6.07, 6.45) is 4.22. The quantitative estimate of drug-likeness (QED) is 0.773. The van der Waals surface area contributed by atoms with Crippen LogP contribution in [-0.4, -0.2) is 4.98 Å². The van der Waals surface area contributed by atoms with E-state index in [0.717, 1.165) is 16.6 Å². The van der Waals surface area contributed by atoms with Gasteiger partial charge in [0.05, 0.1) is 0 Å². The number of H-pyrrole nitrogens is 1.